The summed E-state index contributed by atoms with van der Waals surface area (Å²) in [5.74, 6) is 0. The first-order valence-electron chi connectivity index (χ1n) is 7.65. The van der Waals surface area contributed by atoms with Crippen molar-refractivity contribution >= 4 is 0 Å². The van der Waals surface area contributed by atoms with Gasteiger partial charge in [0, 0.05) is 0 Å². The third-order valence-electron chi connectivity index (χ3n) is 5.09. The Hall–Kier alpha value is -2.34. The standard InChI is InChI=1S/C21H16/c1-13-10-19-16-8-4-2-6-14(16)12-20(19)21-17-9-5-3-7-15(17)11-18(13)21/h2-10H,11-12H2,1H3. The molecule has 0 spiro atoms. The maximum absolute atomic E-state index is 2.41. The van der Waals surface area contributed by atoms with Gasteiger partial charge in [-0.05, 0) is 69.8 Å². The van der Waals surface area contributed by atoms with E-state index in [-0.39, 0.29) is 0 Å². The lowest BCUT2D eigenvalue weighted by Gasteiger charge is -2.12. The van der Waals surface area contributed by atoms with Crippen molar-refractivity contribution in [1.29, 1.82) is 0 Å². The first-order valence-corrected chi connectivity index (χ1v) is 7.65. The van der Waals surface area contributed by atoms with E-state index in [1.54, 1.807) is 11.1 Å². The molecule has 0 atom stereocenters. The van der Waals surface area contributed by atoms with Gasteiger partial charge in [0.05, 0.1) is 0 Å². The molecule has 0 amide bonds. The maximum Gasteiger partial charge on any atom is -0.000718 e. The lowest BCUT2D eigenvalue weighted by molar-refractivity contribution is 1.20. The van der Waals surface area contributed by atoms with E-state index in [1.807, 2.05) is 0 Å². The molecular weight excluding hydrogens is 252 g/mol. The van der Waals surface area contributed by atoms with E-state index in [2.05, 4.69) is 61.5 Å². The van der Waals surface area contributed by atoms with Crippen molar-refractivity contribution in [2.45, 2.75) is 19.8 Å². The predicted molar refractivity (Wildman–Crippen MR) is 87.7 cm³/mol. The Balaban J connectivity index is 1.87. The molecule has 100 valence electrons. The smallest absolute Gasteiger partial charge is 0.000718 e. The molecule has 0 N–H and O–H groups in total. The van der Waals surface area contributed by atoms with Crippen LogP contribution in [-0.2, 0) is 12.8 Å². The molecule has 3 aromatic rings. The zero-order chi connectivity index (χ0) is 14.0. The van der Waals surface area contributed by atoms with Crippen LogP contribution in [0.15, 0.2) is 54.6 Å². The molecule has 21 heavy (non-hydrogen) atoms. The van der Waals surface area contributed by atoms with Gasteiger partial charge < -0.3 is 0 Å². The summed E-state index contributed by atoms with van der Waals surface area (Å²) in [6, 6.07) is 20.2. The van der Waals surface area contributed by atoms with E-state index in [0.717, 1.165) is 12.8 Å². The maximum atomic E-state index is 2.41. The third kappa shape index (κ3) is 1.40. The van der Waals surface area contributed by atoms with Crippen LogP contribution in [0.4, 0.5) is 0 Å². The zero-order valence-corrected chi connectivity index (χ0v) is 12.1. The summed E-state index contributed by atoms with van der Waals surface area (Å²) in [5, 5.41) is 0. The van der Waals surface area contributed by atoms with E-state index in [1.165, 1.54) is 38.9 Å². The Labute approximate surface area is 125 Å². The average Bonchev–Trinajstić information content (AvgIpc) is 3.06. The van der Waals surface area contributed by atoms with Crippen molar-refractivity contribution in [3.8, 4) is 22.3 Å². The highest BCUT2D eigenvalue weighted by atomic mass is 14.3. The second-order valence-corrected chi connectivity index (χ2v) is 6.24. The van der Waals surface area contributed by atoms with Crippen LogP contribution in [0.25, 0.3) is 22.3 Å². The summed E-state index contributed by atoms with van der Waals surface area (Å²) in [7, 11) is 0. The molecule has 0 saturated heterocycles. The molecule has 0 fully saturated rings. The predicted octanol–water partition coefficient (Wildman–Crippen LogP) is 5.14. The Morgan fingerprint density at radius 3 is 2.10 bits per heavy atom. The molecule has 0 unspecified atom stereocenters. The van der Waals surface area contributed by atoms with Gasteiger partial charge in [-0.15, -0.1) is 0 Å². The van der Waals surface area contributed by atoms with Crippen molar-refractivity contribution in [3.05, 3.63) is 82.4 Å². The van der Waals surface area contributed by atoms with Crippen LogP contribution >= 0.6 is 0 Å². The van der Waals surface area contributed by atoms with Gasteiger partial charge in [0.15, 0.2) is 0 Å². The highest BCUT2D eigenvalue weighted by Gasteiger charge is 2.29. The van der Waals surface area contributed by atoms with Crippen LogP contribution in [0.5, 0.6) is 0 Å². The summed E-state index contributed by atoms with van der Waals surface area (Å²) >= 11 is 0. The molecular formula is C21H16. The largest absolute Gasteiger partial charge is 0.0619 e. The minimum atomic E-state index is 1.09. The fourth-order valence-electron chi connectivity index (χ4n) is 4.12. The van der Waals surface area contributed by atoms with Crippen molar-refractivity contribution in [3.63, 3.8) is 0 Å². The molecule has 2 aliphatic carbocycles. The number of hydrogen-bond acceptors (Lipinski definition) is 0. The summed E-state index contributed by atoms with van der Waals surface area (Å²) in [4.78, 5) is 0. The van der Waals surface area contributed by atoms with Crippen molar-refractivity contribution in [2.24, 2.45) is 0 Å². The minimum absolute atomic E-state index is 1.09. The first-order chi connectivity index (χ1) is 10.3. The Bertz CT molecular complexity index is 900. The van der Waals surface area contributed by atoms with Crippen LogP contribution in [0.3, 0.4) is 0 Å². The van der Waals surface area contributed by atoms with E-state index >= 15 is 0 Å². The van der Waals surface area contributed by atoms with Crippen molar-refractivity contribution < 1.29 is 0 Å². The van der Waals surface area contributed by atoms with Crippen LogP contribution in [0, 0.1) is 6.92 Å². The second kappa shape index (κ2) is 3.85. The number of aryl methyl sites for hydroxylation is 1. The quantitative estimate of drug-likeness (QED) is 0.365. The molecule has 0 aliphatic heterocycles. The van der Waals surface area contributed by atoms with Crippen molar-refractivity contribution in [1.82, 2.24) is 0 Å². The minimum Gasteiger partial charge on any atom is -0.0619 e. The zero-order valence-electron chi connectivity index (χ0n) is 12.1. The van der Waals surface area contributed by atoms with Gasteiger partial charge >= 0.3 is 0 Å². The molecule has 0 nitrogen and oxygen atoms in total. The highest BCUT2D eigenvalue weighted by molar-refractivity contribution is 5.90. The molecule has 0 saturated carbocycles. The van der Waals surface area contributed by atoms with Crippen molar-refractivity contribution in [2.75, 3.05) is 0 Å². The fraction of sp³-hybridized carbons (Fsp3) is 0.143. The topological polar surface area (TPSA) is 0 Å². The van der Waals surface area contributed by atoms with Gasteiger partial charge in [-0.3, -0.25) is 0 Å². The third-order valence-corrected chi connectivity index (χ3v) is 5.09. The molecule has 3 aromatic carbocycles. The highest BCUT2D eigenvalue weighted by Crippen LogP contribution is 2.48. The van der Waals surface area contributed by atoms with Crippen LogP contribution in [0.2, 0.25) is 0 Å². The summed E-state index contributed by atoms with van der Waals surface area (Å²) in [5.41, 5.74) is 13.4. The summed E-state index contributed by atoms with van der Waals surface area (Å²) in [6.07, 6.45) is 2.18. The Kier molecular flexibility index (Phi) is 2.08. The van der Waals surface area contributed by atoms with E-state index in [0.29, 0.717) is 0 Å². The molecule has 2 aliphatic rings. The number of benzene rings is 3. The Morgan fingerprint density at radius 1 is 0.667 bits per heavy atom. The van der Waals surface area contributed by atoms with Gasteiger partial charge in [-0.2, -0.15) is 0 Å². The normalized spacial score (nSPS) is 13.6. The number of hydrogen-bond donors (Lipinski definition) is 0. The molecule has 0 bridgehead atoms. The molecule has 0 heteroatoms. The van der Waals surface area contributed by atoms with Gasteiger partial charge in [-0.1, -0.05) is 54.6 Å². The lowest BCUT2D eigenvalue weighted by Crippen LogP contribution is -1.92. The SMILES string of the molecule is Cc1cc2c(c3c1Cc1ccccc1-3)Cc1ccccc1-2. The summed E-state index contributed by atoms with van der Waals surface area (Å²) < 4.78 is 0. The fourth-order valence-corrected chi connectivity index (χ4v) is 4.12. The van der Waals surface area contributed by atoms with Gasteiger partial charge in [0.1, 0.15) is 0 Å². The first kappa shape index (κ1) is 11.3. The van der Waals surface area contributed by atoms with Crippen LogP contribution in [-0.4, -0.2) is 0 Å². The summed E-state index contributed by atoms with van der Waals surface area (Å²) in [6.45, 7) is 2.27. The molecule has 0 aromatic heterocycles. The van der Waals surface area contributed by atoms with Gasteiger partial charge in [-0.25, -0.2) is 0 Å². The lowest BCUT2D eigenvalue weighted by atomic mass is 9.92. The number of fused-ring (bicyclic) bond motifs is 7. The molecule has 0 heterocycles. The molecule has 0 radical (unpaired) electrons. The second-order valence-electron chi connectivity index (χ2n) is 6.24. The van der Waals surface area contributed by atoms with Gasteiger partial charge in [0.25, 0.3) is 0 Å². The number of rotatable bonds is 0. The van der Waals surface area contributed by atoms with E-state index in [9.17, 15) is 0 Å². The van der Waals surface area contributed by atoms with E-state index in [4.69, 9.17) is 0 Å². The van der Waals surface area contributed by atoms with Crippen LogP contribution in [0.1, 0.15) is 27.8 Å². The van der Waals surface area contributed by atoms with E-state index < -0.39 is 0 Å². The molecule has 5 rings (SSSR count). The monoisotopic (exact) mass is 268 g/mol. The van der Waals surface area contributed by atoms with Crippen LogP contribution < -0.4 is 0 Å². The average molecular weight is 268 g/mol. The van der Waals surface area contributed by atoms with Gasteiger partial charge in [0.2, 0.25) is 0 Å². The Morgan fingerprint density at radius 2 is 1.29 bits per heavy atom.